The Bertz CT molecular complexity index is 410. The maximum atomic E-state index is 13.1. The van der Waals surface area contributed by atoms with Crippen molar-refractivity contribution < 1.29 is 22.7 Å². The molecule has 0 aliphatic carbocycles. The van der Waals surface area contributed by atoms with Gasteiger partial charge in [-0.05, 0) is 18.6 Å². The minimum absolute atomic E-state index is 0.126. The molecule has 0 saturated carbocycles. The molecule has 0 fully saturated rings. The van der Waals surface area contributed by atoms with Gasteiger partial charge in [-0.2, -0.15) is 0 Å². The Morgan fingerprint density at radius 3 is 2.65 bits per heavy atom. The largest absolute Gasteiger partial charge is 0.449 e. The molecule has 0 aliphatic heterocycles. The van der Waals surface area contributed by atoms with Crippen molar-refractivity contribution in [2.24, 2.45) is 0 Å². The number of anilines is 1. The van der Waals surface area contributed by atoms with E-state index < -0.39 is 29.2 Å². The van der Waals surface area contributed by atoms with Crippen molar-refractivity contribution in [1.29, 1.82) is 0 Å². The predicted octanol–water partition coefficient (Wildman–Crippen LogP) is 3.27. The Labute approximate surface area is 96.6 Å². The Hall–Kier alpha value is -1.72. The lowest BCUT2D eigenvalue weighted by molar-refractivity contribution is 0.160. The molecule has 1 radical (unpaired) electrons. The van der Waals surface area contributed by atoms with Gasteiger partial charge >= 0.3 is 6.09 Å². The number of halogens is 3. The third-order valence-corrected chi connectivity index (χ3v) is 1.90. The van der Waals surface area contributed by atoms with Gasteiger partial charge in [0.1, 0.15) is 0 Å². The highest BCUT2D eigenvalue weighted by Crippen LogP contribution is 2.19. The van der Waals surface area contributed by atoms with Crippen LogP contribution in [-0.4, -0.2) is 12.7 Å². The average Bonchev–Trinajstić information content (AvgIpc) is 2.30. The fraction of sp³-hybridized carbons (Fsp3) is 0.273. The summed E-state index contributed by atoms with van der Waals surface area (Å²) in [4.78, 5) is 11.1. The molecule has 0 aliphatic rings. The van der Waals surface area contributed by atoms with E-state index in [1.54, 1.807) is 0 Å². The van der Waals surface area contributed by atoms with Crippen molar-refractivity contribution >= 4 is 11.8 Å². The number of hydrogen-bond donors (Lipinski definition) is 1. The molecule has 1 rings (SSSR count). The maximum absolute atomic E-state index is 13.1. The number of carbonyl (C=O) groups is 1. The first-order valence-electron chi connectivity index (χ1n) is 4.92. The van der Waals surface area contributed by atoms with E-state index in [0.29, 0.717) is 18.9 Å². The van der Waals surface area contributed by atoms with Crippen molar-refractivity contribution in [3.63, 3.8) is 0 Å². The monoisotopic (exact) mass is 246 g/mol. The molecule has 3 nitrogen and oxygen atoms in total. The van der Waals surface area contributed by atoms with Gasteiger partial charge in [-0.25, -0.2) is 18.0 Å². The van der Waals surface area contributed by atoms with Crippen LogP contribution in [0.4, 0.5) is 23.7 Å². The van der Waals surface area contributed by atoms with Crippen LogP contribution in [0.3, 0.4) is 0 Å². The predicted molar refractivity (Wildman–Crippen MR) is 55.9 cm³/mol. The standard InChI is InChI=1S/C11H11F3NO2/c1-2-3-6-17-11(16)15-8-5-4-7(12)9(13)10(8)14/h4-5H,1-3,6H2,(H,15,16). The summed E-state index contributed by atoms with van der Waals surface area (Å²) in [7, 11) is 0. The van der Waals surface area contributed by atoms with Gasteiger partial charge < -0.3 is 4.74 Å². The molecule has 1 N–H and O–H groups in total. The van der Waals surface area contributed by atoms with Crippen LogP contribution in [0.15, 0.2) is 12.1 Å². The van der Waals surface area contributed by atoms with E-state index in [2.05, 4.69) is 11.7 Å². The van der Waals surface area contributed by atoms with Crippen LogP contribution in [0.2, 0.25) is 0 Å². The lowest BCUT2D eigenvalue weighted by atomic mass is 10.3. The first-order valence-corrected chi connectivity index (χ1v) is 4.92. The number of ether oxygens (including phenoxy) is 1. The minimum atomic E-state index is -1.64. The van der Waals surface area contributed by atoms with Crippen molar-refractivity contribution in [2.75, 3.05) is 11.9 Å². The number of carbonyl (C=O) groups excluding carboxylic acids is 1. The number of benzene rings is 1. The third kappa shape index (κ3) is 3.65. The zero-order valence-corrected chi connectivity index (χ0v) is 8.93. The summed E-state index contributed by atoms with van der Waals surface area (Å²) in [5, 5.41) is 1.97. The molecule has 0 atom stereocenters. The van der Waals surface area contributed by atoms with Gasteiger partial charge in [0.15, 0.2) is 17.5 Å². The fourth-order valence-electron chi connectivity index (χ4n) is 1.04. The minimum Gasteiger partial charge on any atom is -0.449 e. The van der Waals surface area contributed by atoms with E-state index in [-0.39, 0.29) is 6.61 Å². The molecular weight excluding hydrogens is 235 g/mol. The van der Waals surface area contributed by atoms with Crippen LogP contribution in [0.1, 0.15) is 12.8 Å². The second-order valence-corrected chi connectivity index (χ2v) is 3.19. The van der Waals surface area contributed by atoms with Crippen LogP contribution >= 0.6 is 0 Å². The SMILES string of the molecule is [CH2]CCCOC(=O)Nc1ccc(F)c(F)c1F. The Balaban J connectivity index is 2.63. The van der Waals surface area contributed by atoms with Crippen LogP contribution in [0.5, 0.6) is 0 Å². The number of hydrogen-bond acceptors (Lipinski definition) is 2. The van der Waals surface area contributed by atoms with E-state index in [1.165, 1.54) is 0 Å². The maximum Gasteiger partial charge on any atom is 0.411 e. The van der Waals surface area contributed by atoms with Gasteiger partial charge in [-0.15, -0.1) is 0 Å². The second-order valence-electron chi connectivity index (χ2n) is 3.19. The Morgan fingerprint density at radius 2 is 2.00 bits per heavy atom. The van der Waals surface area contributed by atoms with Gasteiger partial charge in [0.2, 0.25) is 0 Å². The molecule has 17 heavy (non-hydrogen) atoms. The summed E-state index contributed by atoms with van der Waals surface area (Å²) >= 11 is 0. The molecule has 1 aromatic carbocycles. The number of nitrogens with one attached hydrogen (secondary N) is 1. The number of amides is 1. The lowest BCUT2D eigenvalue weighted by Gasteiger charge is -2.07. The van der Waals surface area contributed by atoms with Crippen LogP contribution in [0.25, 0.3) is 0 Å². The van der Waals surface area contributed by atoms with E-state index in [0.717, 1.165) is 6.07 Å². The van der Waals surface area contributed by atoms with Crippen LogP contribution in [0, 0.1) is 24.4 Å². The van der Waals surface area contributed by atoms with Crippen LogP contribution < -0.4 is 5.32 Å². The zero-order valence-electron chi connectivity index (χ0n) is 8.93. The Kier molecular flexibility index (Phi) is 4.81. The van der Waals surface area contributed by atoms with E-state index in [1.807, 2.05) is 5.32 Å². The average molecular weight is 246 g/mol. The summed E-state index contributed by atoms with van der Waals surface area (Å²) < 4.78 is 43.1. The van der Waals surface area contributed by atoms with Gasteiger partial charge in [-0.1, -0.05) is 13.3 Å². The molecule has 1 aromatic rings. The molecule has 0 saturated heterocycles. The van der Waals surface area contributed by atoms with Gasteiger partial charge in [0, 0.05) is 0 Å². The van der Waals surface area contributed by atoms with Crippen molar-refractivity contribution in [3.05, 3.63) is 36.5 Å². The molecular formula is C11H11F3NO2. The van der Waals surface area contributed by atoms with E-state index in [9.17, 15) is 18.0 Å². The molecule has 93 valence electrons. The molecule has 0 aromatic heterocycles. The molecule has 0 heterocycles. The Morgan fingerprint density at radius 1 is 1.29 bits per heavy atom. The first kappa shape index (κ1) is 13.3. The highest BCUT2D eigenvalue weighted by molar-refractivity contribution is 5.84. The quantitative estimate of drug-likeness (QED) is 0.654. The van der Waals surface area contributed by atoms with E-state index >= 15 is 0 Å². The summed E-state index contributed by atoms with van der Waals surface area (Å²) in [5.74, 6) is -4.42. The topological polar surface area (TPSA) is 38.3 Å². The molecule has 6 heteroatoms. The molecule has 0 bridgehead atoms. The van der Waals surface area contributed by atoms with E-state index in [4.69, 9.17) is 0 Å². The van der Waals surface area contributed by atoms with Gasteiger partial charge in [0.25, 0.3) is 0 Å². The summed E-state index contributed by atoms with van der Waals surface area (Å²) in [5.41, 5.74) is -0.469. The summed E-state index contributed by atoms with van der Waals surface area (Å²) in [6.45, 7) is 3.66. The first-order chi connectivity index (χ1) is 8.06. The zero-order chi connectivity index (χ0) is 12.8. The van der Waals surface area contributed by atoms with Gasteiger partial charge in [0.05, 0.1) is 12.3 Å². The van der Waals surface area contributed by atoms with Crippen molar-refractivity contribution in [1.82, 2.24) is 0 Å². The van der Waals surface area contributed by atoms with Crippen LogP contribution in [-0.2, 0) is 4.74 Å². The summed E-state index contributed by atoms with van der Waals surface area (Å²) in [6, 6.07) is 1.63. The molecule has 0 spiro atoms. The summed E-state index contributed by atoms with van der Waals surface area (Å²) in [6.07, 6.45) is 0.226. The smallest absolute Gasteiger partial charge is 0.411 e. The number of unbranched alkanes of at least 4 members (excludes halogenated alkanes) is 1. The number of rotatable bonds is 4. The highest BCUT2D eigenvalue weighted by atomic mass is 19.2. The highest BCUT2D eigenvalue weighted by Gasteiger charge is 2.15. The molecule has 1 amide bonds. The van der Waals surface area contributed by atoms with Gasteiger partial charge in [-0.3, -0.25) is 5.32 Å². The van der Waals surface area contributed by atoms with Crippen molar-refractivity contribution in [2.45, 2.75) is 12.8 Å². The molecule has 0 unspecified atom stereocenters. The normalized spacial score (nSPS) is 10.1. The second kappa shape index (κ2) is 6.12. The lowest BCUT2D eigenvalue weighted by Crippen LogP contribution is -2.15. The third-order valence-electron chi connectivity index (χ3n) is 1.90. The van der Waals surface area contributed by atoms with Crippen molar-refractivity contribution in [3.8, 4) is 0 Å². The fourth-order valence-corrected chi connectivity index (χ4v) is 1.04.